The fourth-order valence-electron chi connectivity index (χ4n) is 2.26. The Morgan fingerprint density at radius 1 is 1.38 bits per heavy atom. The summed E-state index contributed by atoms with van der Waals surface area (Å²) in [5, 5.41) is 4.36. The highest BCUT2D eigenvalue weighted by Crippen LogP contribution is 2.26. The number of likely N-dealkylation sites (N-methyl/N-ethyl adjacent to an activating group) is 1. The Balaban J connectivity index is 1.57. The quantitative estimate of drug-likeness (QED) is 0.727. The van der Waals surface area contributed by atoms with E-state index in [2.05, 4.69) is 22.2 Å². The van der Waals surface area contributed by atoms with Crippen LogP contribution in [-0.2, 0) is 17.8 Å². The number of aromatic nitrogens is 2. The lowest BCUT2D eigenvalue weighted by molar-refractivity contribution is -0.117. The van der Waals surface area contributed by atoms with E-state index in [0.29, 0.717) is 17.2 Å². The van der Waals surface area contributed by atoms with Crippen LogP contribution < -0.4 is 5.32 Å². The third kappa shape index (κ3) is 4.14. The Labute approximate surface area is 147 Å². The van der Waals surface area contributed by atoms with Gasteiger partial charge in [0.05, 0.1) is 21.8 Å². The molecule has 0 aliphatic rings. The molecule has 3 rings (SSSR count). The lowest BCUT2D eigenvalue weighted by atomic mass is 10.3. The van der Waals surface area contributed by atoms with Gasteiger partial charge in [0.15, 0.2) is 5.13 Å². The summed E-state index contributed by atoms with van der Waals surface area (Å²) in [7, 11) is 1.89. The van der Waals surface area contributed by atoms with Crippen molar-refractivity contribution in [3.05, 3.63) is 40.1 Å². The summed E-state index contributed by atoms with van der Waals surface area (Å²) >= 11 is 2.93. The predicted octanol–water partition coefficient (Wildman–Crippen LogP) is 3.52. The molecule has 24 heavy (non-hydrogen) atoms. The number of hydrogen-bond donors (Lipinski definition) is 1. The van der Waals surface area contributed by atoms with Crippen LogP contribution in [0, 0.1) is 5.82 Å². The van der Waals surface area contributed by atoms with Gasteiger partial charge in [-0.1, -0.05) is 18.3 Å². The zero-order valence-electron chi connectivity index (χ0n) is 13.4. The zero-order chi connectivity index (χ0) is 17.1. The molecule has 0 fully saturated rings. The highest BCUT2D eigenvalue weighted by molar-refractivity contribution is 7.22. The molecule has 0 radical (unpaired) electrons. The number of fused-ring (bicyclic) bond motifs is 1. The smallest absolute Gasteiger partial charge is 0.240 e. The Kier molecular flexibility index (Phi) is 5.17. The van der Waals surface area contributed by atoms with Crippen LogP contribution >= 0.6 is 22.7 Å². The van der Waals surface area contributed by atoms with Crippen molar-refractivity contribution in [2.45, 2.75) is 19.9 Å². The second-order valence-corrected chi connectivity index (χ2v) is 7.66. The van der Waals surface area contributed by atoms with Crippen LogP contribution in [0.5, 0.6) is 0 Å². The number of amides is 1. The Hall–Kier alpha value is -1.90. The maximum atomic E-state index is 13.2. The summed E-state index contributed by atoms with van der Waals surface area (Å²) in [5.41, 5.74) is 0.682. The molecule has 0 atom stereocenters. The zero-order valence-corrected chi connectivity index (χ0v) is 15.0. The van der Waals surface area contributed by atoms with E-state index in [9.17, 15) is 9.18 Å². The number of hydrogen-bond acceptors (Lipinski definition) is 6. The number of rotatable bonds is 6. The van der Waals surface area contributed by atoms with E-state index in [0.717, 1.165) is 21.0 Å². The van der Waals surface area contributed by atoms with Gasteiger partial charge in [0.2, 0.25) is 5.91 Å². The van der Waals surface area contributed by atoms with Crippen molar-refractivity contribution >= 4 is 43.9 Å². The molecule has 0 saturated carbocycles. The van der Waals surface area contributed by atoms with E-state index >= 15 is 0 Å². The molecular formula is C16H17FN4OS2. The fraction of sp³-hybridized carbons (Fsp3) is 0.312. The maximum absolute atomic E-state index is 13.2. The van der Waals surface area contributed by atoms with Crippen LogP contribution in [-0.4, -0.2) is 34.4 Å². The van der Waals surface area contributed by atoms with Gasteiger partial charge in [0.25, 0.3) is 0 Å². The summed E-state index contributed by atoms with van der Waals surface area (Å²) < 4.78 is 13.9. The van der Waals surface area contributed by atoms with E-state index in [1.165, 1.54) is 23.5 Å². The minimum Gasteiger partial charge on any atom is -0.301 e. The molecule has 0 unspecified atom stereocenters. The number of nitrogens with one attached hydrogen (secondary N) is 1. The second kappa shape index (κ2) is 7.33. The summed E-state index contributed by atoms with van der Waals surface area (Å²) in [4.78, 5) is 23.8. The van der Waals surface area contributed by atoms with Crippen LogP contribution in [0.2, 0.25) is 0 Å². The first kappa shape index (κ1) is 16.9. The van der Waals surface area contributed by atoms with Gasteiger partial charge in [-0.05, 0) is 31.7 Å². The van der Waals surface area contributed by atoms with Crippen LogP contribution in [0.4, 0.5) is 9.52 Å². The standard InChI is InChI=1S/C16H17FN4OS2/c1-3-15-18-7-11(23-15)8-21(2)9-14(22)20-16-19-12-5-4-10(17)6-13(12)24-16/h4-7H,3,8-9H2,1-2H3,(H,19,20,22). The van der Waals surface area contributed by atoms with Gasteiger partial charge >= 0.3 is 0 Å². The molecule has 0 saturated heterocycles. The molecule has 126 valence electrons. The largest absolute Gasteiger partial charge is 0.301 e. The number of thiazole rings is 2. The van der Waals surface area contributed by atoms with Gasteiger partial charge in [0, 0.05) is 17.6 Å². The van der Waals surface area contributed by atoms with E-state index in [1.807, 2.05) is 18.1 Å². The van der Waals surface area contributed by atoms with Crippen LogP contribution in [0.1, 0.15) is 16.8 Å². The molecular weight excluding hydrogens is 347 g/mol. The molecule has 0 aliphatic heterocycles. The first-order valence-corrected chi connectivity index (χ1v) is 9.15. The van der Waals surface area contributed by atoms with Crippen molar-refractivity contribution in [2.75, 3.05) is 18.9 Å². The van der Waals surface area contributed by atoms with E-state index in [-0.39, 0.29) is 18.3 Å². The number of carbonyl (C=O) groups excluding carboxylic acids is 1. The van der Waals surface area contributed by atoms with Crippen molar-refractivity contribution < 1.29 is 9.18 Å². The third-order valence-corrected chi connectivity index (χ3v) is 5.40. The molecule has 2 heterocycles. The van der Waals surface area contributed by atoms with Crippen molar-refractivity contribution in [1.82, 2.24) is 14.9 Å². The Bertz CT molecular complexity index is 861. The average molecular weight is 364 g/mol. The number of anilines is 1. The average Bonchev–Trinajstić information content (AvgIpc) is 3.12. The van der Waals surface area contributed by atoms with Gasteiger partial charge in [-0.2, -0.15) is 0 Å². The molecule has 1 aromatic carbocycles. The Morgan fingerprint density at radius 3 is 2.96 bits per heavy atom. The summed E-state index contributed by atoms with van der Waals surface area (Å²) in [6.07, 6.45) is 2.78. The number of nitrogens with zero attached hydrogens (tertiary/aromatic N) is 3. The van der Waals surface area contributed by atoms with Crippen LogP contribution in [0.15, 0.2) is 24.4 Å². The first-order valence-electron chi connectivity index (χ1n) is 7.51. The summed E-state index contributed by atoms with van der Waals surface area (Å²) in [6.45, 7) is 3.00. The fourth-order valence-corrected chi connectivity index (χ4v) is 4.11. The molecule has 0 aliphatic carbocycles. The lowest BCUT2D eigenvalue weighted by Crippen LogP contribution is -2.29. The van der Waals surface area contributed by atoms with Crippen molar-refractivity contribution in [1.29, 1.82) is 0 Å². The highest BCUT2D eigenvalue weighted by atomic mass is 32.1. The molecule has 8 heteroatoms. The van der Waals surface area contributed by atoms with Gasteiger partial charge in [-0.15, -0.1) is 11.3 Å². The second-order valence-electron chi connectivity index (χ2n) is 5.43. The van der Waals surface area contributed by atoms with Gasteiger partial charge in [-0.25, -0.2) is 14.4 Å². The molecule has 1 N–H and O–H groups in total. The third-order valence-electron chi connectivity index (χ3n) is 3.34. The molecule has 5 nitrogen and oxygen atoms in total. The van der Waals surface area contributed by atoms with E-state index < -0.39 is 0 Å². The maximum Gasteiger partial charge on any atom is 0.240 e. The van der Waals surface area contributed by atoms with Crippen molar-refractivity contribution in [3.63, 3.8) is 0 Å². The van der Waals surface area contributed by atoms with Gasteiger partial charge in [-0.3, -0.25) is 9.69 Å². The Morgan fingerprint density at radius 2 is 2.21 bits per heavy atom. The lowest BCUT2D eigenvalue weighted by Gasteiger charge is -2.14. The normalized spacial score (nSPS) is 11.3. The molecule has 2 aromatic heterocycles. The molecule has 3 aromatic rings. The predicted molar refractivity (Wildman–Crippen MR) is 96.0 cm³/mol. The molecule has 0 bridgehead atoms. The number of carbonyl (C=O) groups is 1. The molecule has 1 amide bonds. The summed E-state index contributed by atoms with van der Waals surface area (Å²) in [6, 6.07) is 4.39. The number of halogens is 1. The first-order chi connectivity index (χ1) is 11.5. The van der Waals surface area contributed by atoms with Crippen LogP contribution in [0.25, 0.3) is 10.2 Å². The van der Waals surface area contributed by atoms with Crippen LogP contribution in [0.3, 0.4) is 0 Å². The number of aryl methyl sites for hydroxylation is 1. The SMILES string of the molecule is CCc1ncc(CN(C)CC(=O)Nc2nc3ccc(F)cc3s2)s1. The van der Waals surface area contributed by atoms with E-state index in [1.54, 1.807) is 17.4 Å². The topological polar surface area (TPSA) is 58.1 Å². The summed E-state index contributed by atoms with van der Waals surface area (Å²) in [5.74, 6) is -0.447. The minimum absolute atomic E-state index is 0.141. The van der Waals surface area contributed by atoms with E-state index in [4.69, 9.17) is 0 Å². The molecule has 0 spiro atoms. The monoisotopic (exact) mass is 364 g/mol. The minimum atomic E-state index is -0.306. The highest BCUT2D eigenvalue weighted by Gasteiger charge is 2.12. The van der Waals surface area contributed by atoms with Gasteiger partial charge in [0.1, 0.15) is 5.82 Å². The van der Waals surface area contributed by atoms with Crippen molar-refractivity contribution in [3.8, 4) is 0 Å². The van der Waals surface area contributed by atoms with Gasteiger partial charge < -0.3 is 5.32 Å². The number of benzene rings is 1. The van der Waals surface area contributed by atoms with Crippen molar-refractivity contribution in [2.24, 2.45) is 0 Å².